The Bertz CT molecular complexity index is 1190. The van der Waals surface area contributed by atoms with Crippen LogP contribution >= 0.6 is 0 Å². The predicted octanol–water partition coefficient (Wildman–Crippen LogP) is 8.59. The summed E-state index contributed by atoms with van der Waals surface area (Å²) in [6.07, 6.45) is 14.3. The number of hydrogen-bond acceptors (Lipinski definition) is 11. The second-order valence-corrected chi connectivity index (χ2v) is 15.5. The normalized spacial score (nSPS) is 19.0. The molecule has 0 saturated heterocycles. The van der Waals surface area contributed by atoms with Crippen LogP contribution in [0.1, 0.15) is 149 Å². The Hall–Kier alpha value is -3.42. The summed E-state index contributed by atoms with van der Waals surface area (Å²) in [5, 5.41) is 10.4. The van der Waals surface area contributed by atoms with Crippen molar-refractivity contribution in [3.63, 3.8) is 0 Å². The van der Waals surface area contributed by atoms with Crippen molar-refractivity contribution in [3.8, 4) is 0 Å². The highest BCUT2D eigenvalue weighted by Crippen LogP contribution is 2.78. The molecule has 3 saturated carbocycles. The first kappa shape index (κ1) is 48.7. The Labute approximate surface area is 330 Å². The van der Waals surface area contributed by atoms with Crippen molar-refractivity contribution < 1.29 is 65.9 Å². The number of hydrogen-bond donors (Lipinski definition) is 1. The van der Waals surface area contributed by atoms with Crippen molar-refractivity contribution in [1.82, 2.24) is 0 Å². The lowest BCUT2D eigenvalue weighted by molar-refractivity contribution is -0.356. The maximum absolute atomic E-state index is 13.3. The van der Waals surface area contributed by atoms with Gasteiger partial charge in [-0.25, -0.2) is 0 Å². The van der Waals surface area contributed by atoms with E-state index in [-0.39, 0.29) is 70.1 Å². The van der Waals surface area contributed by atoms with Gasteiger partial charge in [-0.05, 0) is 83.5 Å². The van der Waals surface area contributed by atoms with Gasteiger partial charge in [0.05, 0.1) is 36.1 Å². The summed E-state index contributed by atoms with van der Waals surface area (Å²) >= 11 is 0. The Morgan fingerprint density at radius 1 is 0.554 bits per heavy atom. The van der Waals surface area contributed by atoms with Crippen LogP contribution in [0.15, 0.2) is 24.3 Å². The summed E-state index contributed by atoms with van der Waals surface area (Å²) < 4.78 is 66.6. The van der Waals surface area contributed by atoms with Crippen LogP contribution in [0, 0.1) is 16.2 Å². The SMILES string of the molecule is CCCCC/C=C\CCOC(=O)CCCCC(=O)OCC(CO)(COC(=O)CCCCC(=O)OCC/C=C\CCCCC)COC(=O)C12CC(C(F)(F)F)(C1)C2. The summed E-state index contributed by atoms with van der Waals surface area (Å²) in [4.78, 5) is 62.1. The number of rotatable bonds is 32. The second-order valence-electron chi connectivity index (χ2n) is 15.5. The molecule has 320 valence electrons. The van der Waals surface area contributed by atoms with Crippen LogP contribution < -0.4 is 0 Å². The van der Waals surface area contributed by atoms with Gasteiger partial charge in [-0.1, -0.05) is 63.8 Å². The van der Waals surface area contributed by atoms with Gasteiger partial charge >= 0.3 is 36.0 Å². The number of carbonyl (C=O) groups is 5. The molecule has 0 aromatic carbocycles. The zero-order valence-corrected chi connectivity index (χ0v) is 33.6. The smallest absolute Gasteiger partial charge is 0.394 e. The first-order chi connectivity index (χ1) is 26.8. The van der Waals surface area contributed by atoms with Crippen LogP contribution in [0.5, 0.6) is 0 Å². The molecule has 0 unspecified atom stereocenters. The fraction of sp³-hybridized carbons (Fsp3) is 0.786. The molecular formula is C42H65F3O11. The van der Waals surface area contributed by atoms with Crippen LogP contribution in [0.2, 0.25) is 0 Å². The second kappa shape index (κ2) is 25.8. The van der Waals surface area contributed by atoms with E-state index in [9.17, 15) is 42.3 Å². The van der Waals surface area contributed by atoms with E-state index in [1.165, 1.54) is 12.8 Å². The lowest BCUT2D eigenvalue weighted by atomic mass is 9.35. The molecule has 0 aliphatic heterocycles. The quantitative estimate of drug-likeness (QED) is 0.0301. The molecule has 3 aliphatic carbocycles. The Balaban J connectivity index is 1.78. The summed E-state index contributed by atoms with van der Waals surface area (Å²) in [6, 6.07) is 0. The number of allylic oxidation sites excluding steroid dienone is 2. The Morgan fingerprint density at radius 2 is 0.929 bits per heavy atom. The van der Waals surface area contributed by atoms with Crippen LogP contribution in [0.4, 0.5) is 13.2 Å². The lowest BCUT2D eigenvalue weighted by Crippen LogP contribution is -2.71. The zero-order chi connectivity index (χ0) is 41.3. The molecule has 11 nitrogen and oxygen atoms in total. The summed E-state index contributed by atoms with van der Waals surface area (Å²) in [5.41, 5.74) is -4.69. The summed E-state index contributed by atoms with van der Waals surface area (Å²) in [6.45, 7) is 2.53. The van der Waals surface area contributed by atoms with E-state index in [2.05, 4.69) is 26.0 Å². The fourth-order valence-electron chi connectivity index (χ4n) is 6.75. The van der Waals surface area contributed by atoms with E-state index in [1.54, 1.807) is 0 Å². The topological polar surface area (TPSA) is 152 Å². The molecule has 0 heterocycles. The molecule has 3 rings (SSSR count). The molecule has 0 atom stereocenters. The monoisotopic (exact) mass is 802 g/mol. The third-order valence-electron chi connectivity index (χ3n) is 10.4. The van der Waals surface area contributed by atoms with Gasteiger partial charge < -0.3 is 28.8 Å². The lowest BCUT2D eigenvalue weighted by Gasteiger charge is -2.68. The van der Waals surface area contributed by atoms with Crippen molar-refractivity contribution >= 4 is 29.8 Å². The number of esters is 5. The molecule has 14 heteroatoms. The zero-order valence-electron chi connectivity index (χ0n) is 33.6. The minimum atomic E-state index is -4.41. The van der Waals surface area contributed by atoms with Crippen LogP contribution in [0.25, 0.3) is 0 Å². The number of ether oxygens (including phenoxy) is 5. The van der Waals surface area contributed by atoms with Crippen molar-refractivity contribution in [2.75, 3.05) is 39.6 Å². The Kier molecular flexibility index (Phi) is 22.4. The number of unbranched alkanes of at least 4 members (excludes halogenated alkanes) is 8. The molecule has 2 bridgehead atoms. The molecule has 1 N–H and O–H groups in total. The molecule has 56 heavy (non-hydrogen) atoms. The molecule has 0 aromatic rings. The van der Waals surface area contributed by atoms with Gasteiger partial charge in [0.2, 0.25) is 0 Å². The van der Waals surface area contributed by atoms with Gasteiger partial charge in [0.25, 0.3) is 0 Å². The largest absolute Gasteiger partial charge is 0.465 e. The van der Waals surface area contributed by atoms with Crippen molar-refractivity contribution in [2.45, 2.75) is 155 Å². The molecule has 0 amide bonds. The fourth-order valence-corrected chi connectivity index (χ4v) is 6.75. The van der Waals surface area contributed by atoms with Crippen molar-refractivity contribution in [1.29, 1.82) is 0 Å². The number of aliphatic hydroxyl groups is 1. The summed E-state index contributed by atoms with van der Waals surface area (Å²) in [5.74, 6) is -2.92. The van der Waals surface area contributed by atoms with Crippen LogP contribution in [-0.4, -0.2) is 80.8 Å². The highest BCUT2D eigenvalue weighted by molar-refractivity contribution is 5.81. The molecule has 0 radical (unpaired) electrons. The minimum absolute atomic E-state index is 0.0598. The number of carbonyl (C=O) groups excluding carboxylic acids is 5. The van der Waals surface area contributed by atoms with Gasteiger partial charge in [0.15, 0.2) is 0 Å². The maximum atomic E-state index is 13.3. The Morgan fingerprint density at radius 3 is 1.30 bits per heavy atom. The van der Waals surface area contributed by atoms with Gasteiger partial charge in [-0.3, -0.25) is 24.0 Å². The molecule has 3 fully saturated rings. The van der Waals surface area contributed by atoms with Gasteiger partial charge in [0.1, 0.15) is 19.8 Å². The average Bonchev–Trinajstić information content (AvgIpc) is 3.12. The highest BCUT2D eigenvalue weighted by atomic mass is 19.4. The first-order valence-electron chi connectivity index (χ1n) is 20.5. The van der Waals surface area contributed by atoms with Gasteiger partial charge in [0, 0.05) is 25.7 Å². The van der Waals surface area contributed by atoms with E-state index < -0.39 is 66.8 Å². The van der Waals surface area contributed by atoms with E-state index in [0.717, 1.165) is 38.5 Å². The summed E-state index contributed by atoms with van der Waals surface area (Å²) in [7, 11) is 0. The predicted molar refractivity (Wildman–Crippen MR) is 202 cm³/mol. The molecule has 0 spiro atoms. The van der Waals surface area contributed by atoms with Gasteiger partial charge in [-0.15, -0.1) is 0 Å². The minimum Gasteiger partial charge on any atom is -0.465 e. The van der Waals surface area contributed by atoms with Gasteiger partial charge in [-0.2, -0.15) is 13.2 Å². The van der Waals surface area contributed by atoms with Crippen LogP contribution in [-0.2, 0) is 47.7 Å². The first-order valence-corrected chi connectivity index (χ1v) is 20.5. The van der Waals surface area contributed by atoms with Crippen molar-refractivity contribution in [2.24, 2.45) is 16.2 Å². The van der Waals surface area contributed by atoms with E-state index in [4.69, 9.17) is 23.7 Å². The van der Waals surface area contributed by atoms with E-state index in [0.29, 0.717) is 38.5 Å². The average molecular weight is 803 g/mol. The van der Waals surface area contributed by atoms with E-state index in [1.807, 2.05) is 12.2 Å². The maximum Gasteiger partial charge on any atom is 0.394 e. The molecular weight excluding hydrogens is 737 g/mol. The van der Waals surface area contributed by atoms with Crippen molar-refractivity contribution in [3.05, 3.63) is 24.3 Å². The highest BCUT2D eigenvalue weighted by Gasteiger charge is 2.81. The van der Waals surface area contributed by atoms with E-state index >= 15 is 0 Å². The number of halogens is 3. The molecule has 0 aromatic heterocycles. The molecule has 3 aliphatic rings. The third kappa shape index (κ3) is 17.4. The number of alkyl halides is 3. The third-order valence-corrected chi connectivity index (χ3v) is 10.4. The standard InChI is InChI=1S/C42H65F3O11/c1-3-5-7-9-11-13-19-25-52-34(47)21-15-17-23-36(49)54-31-39(30-46,33-56-38(51)40-27-41(28-40,29-40)42(43,44)45)32-55-37(50)24-18-16-22-35(48)53-26-20-14-12-10-8-6-4-2/h11-14,46H,3-10,15-33H2,1-2H3/b13-11-,14-12-. The van der Waals surface area contributed by atoms with Crippen LogP contribution in [0.3, 0.4) is 0 Å². The number of aliphatic hydroxyl groups excluding tert-OH is 1.